The van der Waals surface area contributed by atoms with Crippen molar-refractivity contribution in [2.45, 2.75) is 52.1 Å². The highest BCUT2D eigenvalue weighted by atomic mass is 16.3. The largest absolute Gasteiger partial charge is 0.389 e. The van der Waals surface area contributed by atoms with Gasteiger partial charge in [-0.05, 0) is 12.8 Å². The third-order valence-corrected chi connectivity index (χ3v) is 3.19. The highest BCUT2D eigenvalue weighted by molar-refractivity contribution is 5.79. The van der Waals surface area contributed by atoms with E-state index in [9.17, 15) is 9.90 Å². The number of unbranched alkanes of at least 4 members (excludes halogenated alkanes) is 1. The van der Waals surface area contributed by atoms with Crippen LogP contribution in [0.15, 0.2) is 0 Å². The fourth-order valence-corrected chi connectivity index (χ4v) is 1.80. The first-order valence-corrected chi connectivity index (χ1v) is 5.82. The fourth-order valence-electron chi connectivity index (χ4n) is 1.80. The van der Waals surface area contributed by atoms with Gasteiger partial charge in [-0.2, -0.15) is 0 Å². The Morgan fingerprint density at radius 2 is 1.93 bits per heavy atom. The van der Waals surface area contributed by atoms with Gasteiger partial charge in [0.05, 0.1) is 11.5 Å². The number of carbonyl (C=O) groups excluding carboxylic acids is 1. The lowest BCUT2D eigenvalue weighted by molar-refractivity contribution is -0.142. The molecule has 1 amide bonds. The van der Waals surface area contributed by atoms with Crippen LogP contribution in [0.4, 0.5) is 0 Å². The summed E-state index contributed by atoms with van der Waals surface area (Å²) in [7, 11) is 3.46. The quantitative estimate of drug-likeness (QED) is 0.736. The van der Waals surface area contributed by atoms with E-state index in [0.717, 1.165) is 12.8 Å². The summed E-state index contributed by atoms with van der Waals surface area (Å²) in [6, 6.07) is 0. The second kappa shape index (κ2) is 6.11. The zero-order valence-electron chi connectivity index (χ0n) is 10.7. The number of amides is 1. The Hall–Kier alpha value is -0.570. The lowest BCUT2D eigenvalue weighted by Crippen LogP contribution is -2.44. The van der Waals surface area contributed by atoms with Crippen molar-refractivity contribution in [1.82, 2.24) is 4.90 Å². The van der Waals surface area contributed by atoms with Crippen molar-refractivity contribution < 1.29 is 9.90 Å². The summed E-state index contributed by atoms with van der Waals surface area (Å²) in [6.07, 6.45) is 3.36. The molecular weight excluding hydrogens is 190 g/mol. The van der Waals surface area contributed by atoms with Gasteiger partial charge in [-0.3, -0.25) is 4.79 Å². The van der Waals surface area contributed by atoms with Gasteiger partial charge < -0.3 is 10.0 Å². The molecule has 0 aliphatic carbocycles. The number of carbonyl (C=O) groups is 1. The smallest absolute Gasteiger partial charge is 0.227 e. The first-order chi connectivity index (χ1) is 6.89. The number of hydrogen-bond acceptors (Lipinski definition) is 2. The predicted octanol–water partition coefficient (Wildman–Crippen LogP) is 2.04. The molecule has 0 aromatic carbocycles. The van der Waals surface area contributed by atoms with Crippen molar-refractivity contribution in [2.75, 3.05) is 14.1 Å². The molecule has 2 atom stereocenters. The number of hydrogen-bond donors (Lipinski definition) is 1. The van der Waals surface area contributed by atoms with Gasteiger partial charge in [0, 0.05) is 14.1 Å². The first-order valence-electron chi connectivity index (χ1n) is 5.82. The lowest BCUT2D eigenvalue weighted by atomic mass is 9.81. The van der Waals surface area contributed by atoms with E-state index in [4.69, 9.17) is 0 Å². The molecule has 0 unspecified atom stereocenters. The molecule has 3 heteroatoms. The summed E-state index contributed by atoms with van der Waals surface area (Å²) in [5.74, 6) is -0.306. The van der Waals surface area contributed by atoms with Crippen molar-refractivity contribution in [3.63, 3.8) is 0 Å². The highest BCUT2D eigenvalue weighted by Gasteiger charge is 2.36. The van der Waals surface area contributed by atoms with Crippen LogP contribution in [0.25, 0.3) is 0 Å². The van der Waals surface area contributed by atoms with E-state index in [1.54, 1.807) is 19.0 Å². The second-order valence-corrected chi connectivity index (χ2v) is 4.52. The van der Waals surface area contributed by atoms with Gasteiger partial charge in [0.15, 0.2) is 0 Å². The normalized spacial score (nSPS) is 16.9. The Bertz CT molecular complexity index is 204. The Morgan fingerprint density at radius 3 is 2.27 bits per heavy atom. The van der Waals surface area contributed by atoms with Crippen LogP contribution < -0.4 is 0 Å². The van der Waals surface area contributed by atoms with Gasteiger partial charge in [-0.15, -0.1) is 0 Å². The van der Waals surface area contributed by atoms with E-state index in [0.29, 0.717) is 12.8 Å². The monoisotopic (exact) mass is 215 g/mol. The summed E-state index contributed by atoms with van der Waals surface area (Å²) in [5.41, 5.74) is -0.836. The van der Waals surface area contributed by atoms with E-state index in [2.05, 4.69) is 6.92 Å². The van der Waals surface area contributed by atoms with Gasteiger partial charge in [0.2, 0.25) is 5.91 Å². The Labute approximate surface area is 93.5 Å². The van der Waals surface area contributed by atoms with E-state index < -0.39 is 5.60 Å². The van der Waals surface area contributed by atoms with Gasteiger partial charge in [0.1, 0.15) is 0 Å². The maximum Gasteiger partial charge on any atom is 0.227 e. The van der Waals surface area contributed by atoms with Crippen LogP contribution in [0.2, 0.25) is 0 Å². The molecule has 0 saturated carbocycles. The molecule has 15 heavy (non-hydrogen) atoms. The van der Waals surface area contributed by atoms with Crippen molar-refractivity contribution in [1.29, 1.82) is 0 Å². The van der Waals surface area contributed by atoms with Gasteiger partial charge >= 0.3 is 0 Å². The maximum absolute atomic E-state index is 11.8. The zero-order chi connectivity index (χ0) is 12.1. The second-order valence-electron chi connectivity index (χ2n) is 4.52. The van der Waals surface area contributed by atoms with Crippen molar-refractivity contribution in [2.24, 2.45) is 5.92 Å². The summed E-state index contributed by atoms with van der Waals surface area (Å²) < 4.78 is 0. The Balaban J connectivity index is 4.56. The summed E-state index contributed by atoms with van der Waals surface area (Å²) in [4.78, 5) is 13.3. The molecule has 3 nitrogen and oxygen atoms in total. The Morgan fingerprint density at radius 1 is 1.40 bits per heavy atom. The van der Waals surface area contributed by atoms with E-state index >= 15 is 0 Å². The topological polar surface area (TPSA) is 40.5 Å². The first kappa shape index (κ1) is 14.4. The average Bonchev–Trinajstić information content (AvgIpc) is 2.23. The van der Waals surface area contributed by atoms with E-state index in [1.165, 1.54) is 0 Å². The minimum atomic E-state index is -0.836. The minimum Gasteiger partial charge on any atom is -0.389 e. The molecule has 1 N–H and O–H groups in total. The van der Waals surface area contributed by atoms with Crippen molar-refractivity contribution in [3.8, 4) is 0 Å². The van der Waals surface area contributed by atoms with Crippen LogP contribution in [-0.2, 0) is 4.79 Å². The SMILES string of the molecule is CCCC[C@@](O)(CC)[C@H](C)C(=O)N(C)C. The van der Waals surface area contributed by atoms with Crippen LogP contribution in [0.3, 0.4) is 0 Å². The predicted molar refractivity (Wildman–Crippen MR) is 62.6 cm³/mol. The third-order valence-electron chi connectivity index (χ3n) is 3.19. The molecule has 0 heterocycles. The molecule has 0 fully saturated rings. The molecular formula is C12H25NO2. The van der Waals surface area contributed by atoms with Crippen LogP contribution in [0, 0.1) is 5.92 Å². The lowest BCUT2D eigenvalue weighted by Gasteiger charge is -2.33. The molecule has 90 valence electrons. The molecule has 0 bridgehead atoms. The van der Waals surface area contributed by atoms with Crippen LogP contribution in [0.1, 0.15) is 46.5 Å². The van der Waals surface area contributed by atoms with Crippen LogP contribution >= 0.6 is 0 Å². The zero-order valence-corrected chi connectivity index (χ0v) is 10.7. The molecule has 0 saturated heterocycles. The van der Waals surface area contributed by atoms with Gasteiger partial charge in [-0.25, -0.2) is 0 Å². The molecule has 0 aliphatic rings. The van der Waals surface area contributed by atoms with Crippen LogP contribution in [-0.4, -0.2) is 35.6 Å². The van der Waals surface area contributed by atoms with Crippen molar-refractivity contribution in [3.05, 3.63) is 0 Å². The standard InChI is InChI=1S/C12H25NO2/c1-6-8-9-12(15,7-2)10(3)11(14)13(4)5/h10,15H,6-9H2,1-5H3/t10-,12+/m1/s1. The average molecular weight is 215 g/mol. The molecule has 0 aliphatic heterocycles. The molecule has 0 aromatic rings. The summed E-state index contributed by atoms with van der Waals surface area (Å²) in [6.45, 7) is 5.85. The maximum atomic E-state index is 11.8. The van der Waals surface area contributed by atoms with E-state index in [-0.39, 0.29) is 11.8 Å². The van der Waals surface area contributed by atoms with Crippen LogP contribution in [0.5, 0.6) is 0 Å². The van der Waals surface area contributed by atoms with Crippen molar-refractivity contribution >= 4 is 5.91 Å². The number of aliphatic hydroxyl groups is 1. The third kappa shape index (κ3) is 3.82. The Kier molecular flexibility index (Phi) is 5.88. The summed E-state index contributed by atoms with van der Waals surface area (Å²) in [5, 5.41) is 10.4. The molecule has 0 aromatic heterocycles. The van der Waals surface area contributed by atoms with E-state index in [1.807, 2.05) is 13.8 Å². The van der Waals surface area contributed by atoms with Gasteiger partial charge in [-0.1, -0.05) is 33.6 Å². The van der Waals surface area contributed by atoms with Gasteiger partial charge in [0.25, 0.3) is 0 Å². The highest BCUT2D eigenvalue weighted by Crippen LogP contribution is 2.28. The minimum absolute atomic E-state index is 0.00968. The fraction of sp³-hybridized carbons (Fsp3) is 0.917. The number of rotatable bonds is 6. The molecule has 0 radical (unpaired) electrons. The molecule has 0 rings (SSSR count). The summed E-state index contributed by atoms with van der Waals surface area (Å²) >= 11 is 0. The molecule has 0 spiro atoms. The number of nitrogens with zero attached hydrogens (tertiary/aromatic N) is 1.